The first-order valence-corrected chi connectivity index (χ1v) is 10.1. The molecule has 1 aliphatic rings. The van der Waals surface area contributed by atoms with Crippen LogP contribution in [-0.4, -0.2) is 42.9 Å². The molecule has 1 aliphatic heterocycles. The molecule has 0 aromatic heterocycles. The number of amides is 2. The van der Waals surface area contributed by atoms with Crippen LogP contribution in [0.25, 0.3) is 0 Å². The van der Waals surface area contributed by atoms with Gasteiger partial charge < -0.3 is 15.0 Å². The van der Waals surface area contributed by atoms with Gasteiger partial charge in [0.05, 0.1) is 28.9 Å². The Balaban J connectivity index is 1.59. The normalized spacial score (nSPS) is 14.7. The number of methoxy groups -OCH3 is 1. The quantitative estimate of drug-likeness (QED) is 0.663. The van der Waals surface area contributed by atoms with Crippen molar-refractivity contribution in [2.24, 2.45) is 5.92 Å². The van der Waals surface area contributed by atoms with Gasteiger partial charge in [0.15, 0.2) is 0 Å². The molecule has 10 heteroatoms. The van der Waals surface area contributed by atoms with E-state index in [1.54, 1.807) is 0 Å². The van der Waals surface area contributed by atoms with Gasteiger partial charge in [0.25, 0.3) is 5.91 Å². The molecule has 2 aromatic rings. The third kappa shape index (κ3) is 5.40. The minimum atomic E-state index is -4.47. The third-order valence-electron chi connectivity index (χ3n) is 5.26. The Morgan fingerprint density at radius 3 is 2.19 bits per heavy atom. The molecule has 6 nitrogen and oxygen atoms in total. The summed E-state index contributed by atoms with van der Waals surface area (Å²) in [6.45, 7) is 0.571. The predicted molar refractivity (Wildman–Crippen MR) is 111 cm³/mol. The first-order chi connectivity index (χ1) is 15.1. The minimum absolute atomic E-state index is 0.160. The molecule has 1 fully saturated rings. The topological polar surface area (TPSA) is 75.7 Å². The van der Waals surface area contributed by atoms with E-state index < -0.39 is 17.7 Å². The average Bonchev–Trinajstić information content (AvgIpc) is 2.79. The Labute approximate surface area is 187 Å². The molecule has 170 valence electrons. The lowest BCUT2D eigenvalue weighted by atomic mass is 9.95. The Kier molecular flexibility index (Phi) is 7.08. The monoisotopic (exact) mass is 468 g/mol. The van der Waals surface area contributed by atoms with Crippen molar-refractivity contribution in [3.8, 4) is 0 Å². The molecular formula is C22H20ClF3N2O4. The zero-order valence-electron chi connectivity index (χ0n) is 17.0. The first kappa shape index (κ1) is 23.6. The number of carbonyl (C=O) groups is 3. The Morgan fingerprint density at radius 1 is 1.03 bits per heavy atom. The van der Waals surface area contributed by atoms with Gasteiger partial charge in [0.1, 0.15) is 0 Å². The van der Waals surface area contributed by atoms with E-state index in [2.05, 4.69) is 10.1 Å². The molecule has 0 radical (unpaired) electrons. The van der Waals surface area contributed by atoms with Crippen molar-refractivity contribution in [2.45, 2.75) is 19.0 Å². The van der Waals surface area contributed by atoms with Gasteiger partial charge in [0.2, 0.25) is 5.91 Å². The highest BCUT2D eigenvalue weighted by Gasteiger charge is 2.31. The summed E-state index contributed by atoms with van der Waals surface area (Å²) >= 11 is 6.11. The van der Waals surface area contributed by atoms with Crippen molar-refractivity contribution in [1.82, 2.24) is 4.90 Å². The van der Waals surface area contributed by atoms with Crippen LogP contribution in [-0.2, 0) is 15.7 Å². The average molecular weight is 469 g/mol. The highest BCUT2D eigenvalue weighted by molar-refractivity contribution is 6.33. The van der Waals surface area contributed by atoms with Crippen molar-refractivity contribution >= 4 is 35.1 Å². The standard InChI is InChI=1S/C22H20ClF3N2O4/c1-32-21(31)15-4-7-17(23)18(12-15)27-19(29)13-8-10-28(11-9-13)20(30)14-2-5-16(6-3-14)22(24,25)26/h2-7,12-13H,8-11H2,1H3,(H,27,29). The maximum absolute atomic E-state index is 12.7. The van der Waals surface area contributed by atoms with Gasteiger partial charge in [-0.3, -0.25) is 9.59 Å². The zero-order valence-corrected chi connectivity index (χ0v) is 17.8. The number of alkyl halides is 3. The number of hydrogen-bond acceptors (Lipinski definition) is 4. The summed E-state index contributed by atoms with van der Waals surface area (Å²) in [7, 11) is 1.24. The molecule has 0 unspecified atom stereocenters. The number of benzene rings is 2. The Morgan fingerprint density at radius 2 is 1.62 bits per heavy atom. The van der Waals surface area contributed by atoms with E-state index in [-0.39, 0.29) is 52.7 Å². The van der Waals surface area contributed by atoms with Crippen molar-refractivity contribution in [1.29, 1.82) is 0 Å². The van der Waals surface area contributed by atoms with E-state index in [4.69, 9.17) is 11.6 Å². The number of carbonyl (C=O) groups excluding carboxylic acids is 3. The fourth-order valence-electron chi connectivity index (χ4n) is 3.43. The lowest BCUT2D eigenvalue weighted by Crippen LogP contribution is -2.41. The molecule has 2 aromatic carbocycles. The number of esters is 1. The second-order valence-electron chi connectivity index (χ2n) is 7.32. The molecule has 0 atom stereocenters. The molecule has 3 rings (SSSR count). The van der Waals surface area contributed by atoms with Gasteiger partial charge >= 0.3 is 12.1 Å². The van der Waals surface area contributed by atoms with Crippen LogP contribution in [0.3, 0.4) is 0 Å². The van der Waals surface area contributed by atoms with Gasteiger partial charge in [-0.15, -0.1) is 0 Å². The summed E-state index contributed by atoms with van der Waals surface area (Å²) in [5.41, 5.74) is -0.140. The fraction of sp³-hybridized carbons (Fsp3) is 0.318. The van der Waals surface area contributed by atoms with Crippen LogP contribution < -0.4 is 5.32 Å². The number of piperidine rings is 1. The number of rotatable bonds is 4. The summed E-state index contributed by atoms with van der Waals surface area (Å²) in [4.78, 5) is 38.4. The van der Waals surface area contributed by atoms with E-state index in [1.807, 2.05) is 0 Å². The number of anilines is 1. The first-order valence-electron chi connectivity index (χ1n) is 9.75. The largest absolute Gasteiger partial charge is 0.465 e. The highest BCUT2D eigenvalue weighted by atomic mass is 35.5. The predicted octanol–water partition coefficient (Wildman–Crippen LogP) is 4.64. The Bertz CT molecular complexity index is 1020. The number of halogens is 4. The maximum Gasteiger partial charge on any atom is 0.416 e. The summed E-state index contributed by atoms with van der Waals surface area (Å²) < 4.78 is 42.7. The summed E-state index contributed by atoms with van der Waals surface area (Å²) in [5, 5.41) is 2.97. The second kappa shape index (κ2) is 9.60. The third-order valence-corrected chi connectivity index (χ3v) is 5.59. The van der Waals surface area contributed by atoms with Crippen molar-refractivity contribution in [3.05, 3.63) is 64.2 Å². The number of nitrogens with zero attached hydrogens (tertiary/aromatic N) is 1. The highest BCUT2D eigenvalue weighted by Crippen LogP contribution is 2.30. The van der Waals surface area contributed by atoms with Crippen LogP contribution in [0, 0.1) is 5.92 Å². The van der Waals surface area contributed by atoms with Crippen molar-refractivity contribution < 1.29 is 32.3 Å². The summed E-state index contributed by atoms with van der Waals surface area (Å²) in [6.07, 6.45) is -3.70. The van der Waals surface area contributed by atoms with Crippen LogP contribution in [0.4, 0.5) is 18.9 Å². The fourth-order valence-corrected chi connectivity index (χ4v) is 3.59. The van der Waals surface area contributed by atoms with Crippen LogP contribution in [0.5, 0.6) is 0 Å². The van der Waals surface area contributed by atoms with Gasteiger partial charge in [-0.2, -0.15) is 13.2 Å². The molecular weight excluding hydrogens is 449 g/mol. The Hall–Kier alpha value is -3.07. The molecule has 0 saturated carbocycles. The van der Waals surface area contributed by atoms with Gasteiger partial charge in [0, 0.05) is 24.6 Å². The summed E-state index contributed by atoms with van der Waals surface area (Å²) in [5.74, 6) is -1.63. The van der Waals surface area contributed by atoms with E-state index >= 15 is 0 Å². The molecule has 0 spiro atoms. The second-order valence-corrected chi connectivity index (χ2v) is 7.72. The van der Waals surface area contributed by atoms with Crippen molar-refractivity contribution in [2.75, 3.05) is 25.5 Å². The molecule has 1 saturated heterocycles. The lowest BCUT2D eigenvalue weighted by molar-refractivity contribution is -0.137. The molecule has 0 aliphatic carbocycles. The van der Waals surface area contributed by atoms with Crippen molar-refractivity contribution in [3.63, 3.8) is 0 Å². The van der Waals surface area contributed by atoms with Gasteiger partial charge in [-0.25, -0.2) is 4.79 Å². The van der Waals surface area contributed by atoms with Crippen LogP contribution in [0.2, 0.25) is 5.02 Å². The number of nitrogens with one attached hydrogen (secondary N) is 1. The van der Waals surface area contributed by atoms with Gasteiger partial charge in [-0.1, -0.05) is 11.6 Å². The minimum Gasteiger partial charge on any atom is -0.465 e. The molecule has 2 amide bonds. The maximum atomic E-state index is 12.7. The molecule has 1 N–H and O–H groups in total. The van der Waals surface area contributed by atoms with Gasteiger partial charge in [-0.05, 0) is 55.3 Å². The SMILES string of the molecule is COC(=O)c1ccc(Cl)c(NC(=O)C2CCN(C(=O)c3ccc(C(F)(F)F)cc3)CC2)c1. The van der Waals surface area contributed by atoms with Crippen LogP contribution in [0.1, 0.15) is 39.1 Å². The van der Waals surface area contributed by atoms with Crippen LogP contribution >= 0.6 is 11.6 Å². The molecule has 0 bridgehead atoms. The number of likely N-dealkylation sites (tertiary alicyclic amines) is 1. The molecule has 32 heavy (non-hydrogen) atoms. The zero-order chi connectivity index (χ0) is 23.5. The number of ether oxygens (including phenoxy) is 1. The number of hydrogen-bond donors (Lipinski definition) is 1. The van der Waals surface area contributed by atoms with E-state index in [0.717, 1.165) is 24.3 Å². The summed E-state index contributed by atoms with van der Waals surface area (Å²) in [6, 6.07) is 8.44. The lowest BCUT2D eigenvalue weighted by Gasteiger charge is -2.31. The van der Waals surface area contributed by atoms with E-state index in [0.29, 0.717) is 12.8 Å². The van der Waals surface area contributed by atoms with E-state index in [9.17, 15) is 27.6 Å². The molecule has 1 heterocycles. The van der Waals surface area contributed by atoms with E-state index in [1.165, 1.54) is 30.2 Å². The smallest absolute Gasteiger partial charge is 0.416 e. The van der Waals surface area contributed by atoms with Crippen LogP contribution in [0.15, 0.2) is 42.5 Å².